The Morgan fingerprint density at radius 3 is 2.87 bits per heavy atom. The molecule has 4 rings (SSSR count). The summed E-state index contributed by atoms with van der Waals surface area (Å²) in [4.78, 5) is 30.2. The van der Waals surface area contributed by atoms with Gasteiger partial charge in [0.25, 0.3) is 0 Å². The Kier molecular flexibility index (Phi) is 6.32. The second-order valence-electron chi connectivity index (χ2n) is 9.28. The van der Waals surface area contributed by atoms with E-state index in [1.54, 1.807) is 7.11 Å². The number of methoxy groups -OCH3 is 1. The molecule has 2 N–H and O–H groups in total. The molecule has 2 amide bonds. The number of nitrogens with two attached hydrogens (primary N) is 1. The van der Waals surface area contributed by atoms with E-state index in [0.29, 0.717) is 24.8 Å². The average Bonchev–Trinajstić information content (AvgIpc) is 2.76. The normalized spacial score (nSPS) is 29.4. The summed E-state index contributed by atoms with van der Waals surface area (Å²) in [6.07, 6.45) is 6.18. The number of hydrogen-bond acceptors (Lipinski definition) is 4. The molecule has 0 spiro atoms. The van der Waals surface area contributed by atoms with Crippen molar-refractivity contribution in [2.45, 2.75) is 70.0 Å². The first-order chi connectivity index (χ1) is 14.5. The van der Waals surface area contributed by atoms with Crippen LogP contribution in [0.4, 0.5) is 0 Å². The Hall–Kier alpha value is -2.08. The summed E-state index contributed by atoms with van der Waals surface area (Å²) in [6.45, 7) is 3.51. The third kappa shape index (κ3) is 4.07. The molecule has 5 atom stereocenters. The minimum Gasteiger partial charge on any atom is -0.497 e. The summed E-state index contributed by atoms with van der Waals surface area (Å²) >= 11 is 0. The lowest BCUT2D eigenvalue weighted by atomic mass is 9.70. The highest BCUT2D eigenvalue weighted by Gasteiger charge is 2.50. The highest BCUT2D eigenvalue weighted by atomic mass is 16.5. The van der Waals surface area contributed by atoms with Crippen molar-refractivity contribution < 1.29 is 14.3 Å². The van der Waals surface area contributed by atoms with Crippen molar-refractivity contribution >= 4 is 11.8 Å². The van der Waals surface area contributed by atoms with Gasteiger partial charge in [-0.15, -0.1) is 0 Å². The predicted molar refractivity (Wildman–Crippen MR) is 116 cm³/mol. The van der Waals surface area contributed by atoms with E-state index in [9.17, 15) is 9.59 Å². The molecule has 6 nitrogen and oxygen atoms in total. The molecule has 3 saturated heterocycles. The minimum atomic E-state index is -0.408. The van der Waals surface area contributed by atoms with Crippen molar-refractivity contribution in [1.82, 2.24) is 9.80 Å². The number of likely N-dealkylation sites (tertiary alicyclic amines) is 1. The molecule has 6 heteroatoms. The fraction of sp³-hybridized carbons (Fsp3) is 0.667. The van der Waals surface area contributed by atoms with Crippen LogP contribution in [-0.4, -0.2) is 59.9 Å². The number of nitrogens with zero attached hydrogens (tertiary/aromatic N) is 2. The molecule has 30 heavy (non-hydrogen) atoms. The van der Waals surface area contributed by atoms with E-state index in [-0.39, 0.29) is 23.9 Å². The van der Waals surface area contributed by atoms with Crippen molar-refractivity contribution in [1.29, 1.82) is 0 Å². The molecule has 3 heterocycles. The number of ether oxygens (including phenoxy) is 1. The van der Waals surface area contributed by atoms with E-state index in [2.05, 4.69) is 24.0 Å². The van der Waals surface area contributed by atoms with Crippen LogP contribution in [0.5, 0.6) is 5.75 Å². The molecule has 3 aliphatic rings. The highest BCUT2D eigenvalue weighted by Crippen LogP contribution is 2.42. The van der Waals surface area contributed by atoms with Crippen LogP contribution in [0.3, 0.4) is 0 Å². The number of carbonyl (C=O) groups excluding carboxylic acids is 2. The van der Waals surface area contributed by atoms with Crippen molar-refractivity contribution in [2.75, 3.05) is 20.2 Å². The Labute approximate surface area is 179 Å². The van der Waals surface area contributed by atoms with Crippen molar-refractivity contribution in [3.8, 4) is 5.75 Å². The summed E-state index contributed by atoms with van der Waals surface area (Å²) in [5.41, 5.74) is 7.36. The lowest BCUT2D eigenvalue weighted by Crippen LogP contribution is -2.66. The van der Waals surface area contributed by atoms with Crippen LogP contribution in [0.2, 0.25) is 0 Å². The Morgan fingerprint density at radius 2 is 2.10 bits per heavy atom. The maximum absolute atomic E-state index is 13.0. The number of carbonyl (C=O) groups is 2. The van der Waals surface area contributed by atoms with Crippen LogP contribution < -0.4 is 10.5 Å². The van der Waals surface area contributed by atoms with Crippen LogP contribution in [0.1, 0.15) is 51.0 Å². The molecule has 0 radical (unpaired) electrons. The second kappa shape index (κ2) is 8.96. The number of fused-ring (bicyclic) bond motifs is 4. The van der Waals surface area contributed by atoms with E-state index < -0.39 is 6.04 Å². The van der Waals surface area contributed by atoms with Gasteiger partial charge in [0.2, 0.25) is 11.8 Å². The van der Waals surface area contributed by atoms with Gasteiger partial charge >= 0.3 is 0 Å². The molecule has 0 unspecified atom stereocenters. The summed E-state index contributed by atoms with van der Waals surface area (Å²) < 4.78 is 5.40. The van der Waals surface area contributed by atoms with Crippen LogP contribution in [-0.2, 0) is 16.0 Å². The second-order valence-corrected chi connectivity index (χ2v) is 9.28. The van der Waals surface area contributed by atoms with Crippen molar-refractivity contribution in [3.05, 3.63) is 29.8 Å². The lowest BCUT2D eigenvalue weighted by Gasteiger charge is -2.57. The van der Waals surface area contributed by atoms with Gasteiger partial charge in [-0.05, 0) is 61.6 Å². The molecular weight excluding hydrogens is 378 g/mol. The lowest BCUT2D eigenvalue weighted by molar-refractivity contribution is -0.156. The maximum Gasteiger partial charge on any atom is 0.239 e. The Bertz CT molecular complexity index is 783. The molecular formula is C24H35N3O3. The number of hydrogen-bond donors (Lipinski definition) is 1. The van der Waals surface area contributed by atoms with Crippen LogP contribution in [0.25, 0.3) is 0 Å². The summed E-state index contributed by atoms with van der Waals surface area (Å²) in [7, 11) is 1.68. The zero-order chi connectivity index (χ0) is 21.3. The molecule has 1 aromatic carbocycles. The van der Waals surface area contributed by atoms with Crippen LogP contribution in [0.15, 0.2) is 24.3 Å². The standard InChI is InChI=1S/C24H35N3O3/c1-3-6-20(25)24(29)26-14-17-13-18(15-26)22(27-21(17)9-5-10-23(27)28)12-16-7-4-8-19(11-16)30-2/h4,7-8,11,17-18,20-22H,3,5-6,9-10,12-15,25H2,1-2H3/t17-,18+,20+,21+,22+/m1/s1. The van der Waals surface area contributed by atoms with E-state index >= 15 is 0 Å². The first-order valence-electron chi connectivity index (χ1n) is 11.5. The van der Waals surface area contributed by atoms with Gasteiger partial charge in [0, 0.05) is 31.6 Å². The summed E-state index contributed by atoms with van der Waals surface area (Å²) in [6, 6.07) is 8.11. The average molecular weight is 414 g/mol. The van der Waals surface area contributed by atoms with E-state index in [1.807, 2.05) is 17.0 Å². The molecule has 1 aromatic rings. The monoisotopic (exact) mass is 413 g/mol. The van der Waals surface area contributed by atoms with E-state index in [4.69, 9.17) is 10.5 Å². The largest absolute Gasteiger partial charge is 0.497 e. The minimum absolute atomic E-state index is 0.0854. The van der Waals surface area contributed by atoms with Crippen molar-refractivity contribution in [3.63, 3.8) is 0 Å². The molecule has 3 fully saturated rings. The smallest absolute Gasteiger partial charge is 0.239 e. The fourth-order valence-electron chi connectivity index (χ4n) is 5.93. The van der Waals surface area contributed by atoms with Gasteiger partial charge in [0.1, 0.15) is 5.75 Å². The van der Waals surface area contributed by atoms with Gasteiger partial charge in [-0.3, -0.25) is 9.59 Å². The first kappa shape index (κ1) is 21.2. The molecule has 0 aliphatic carbocycles. The van der Waals surface area contributed by atoms with Crippen LogP contribution in [0, 0.1) is 11.8 Å². The maximum atomic E-state index is 13.0. The first-order valence-corrected chi connectivity index (χ1v) is 11.5. The number of rotatable bonds is 6. The quantitative estimate of drug-likeness (QED) is 0.778. The van der Waals surface area contributed by atoms with E-state index in [1.165, 1.54) is 5.56 Å². The SMILES string of the molecule is CCC[C@H](N)C(=O)N1C[C@H]2C[C@@H](C1)[C@H](Cc1cccc(OC)c1)N1C(=O)CCC[C@@H]21. The van der Waals surface area contributed by atoms with Gasteiger partial charge in [0.05, 0.1) is 13.2 Å². The van der Waals surface area contributed by atoms with Gasteiger partial charge in [-0.25, -0.2) is 0 Å². The summed E-state index contributed by atoms with van der Waals surface area (Å²) in [5, 5.41) is 0. The van der Waals surface area contributed by atoms with Crippen molar-refractivity contribution in [2.24, 2.45) is 17.6 Å². The Morgan fingerprint density at radius 1 is 1.30 bits per heavy atom. The predicted octanol–water partition coefficient (Wildman–Crippen LogP) is 2.59. The molecule has 3 aliphatic heterocycles. The third-order valence-corrected chi connectivity index (χ3v) is 7.30. The molecule has 0 aromatic heterocycles. The molecule has 164 valence electrons. The number of amides is 2. The van der Waals surface area contributed by atoms with Gasteiger partial charge in [-0.2, -0.15) is 0 Å². The zero-order valence-corrected chi connectivity index (χ0v) is 18.3. The zero-order valence-electron chi connectivity index (χ0n) is 18.3. The van der Waals surface area contributed by atoms with Crippen LogP contribution >= 0.6 is 0 Å². The van der Waals surface area contributed by atoms with E-state index in [0.717, 1.165) is 50.8 Å². The van der Waals surface area contributed by atoms with Gasteiger partial charge in [0.15, 0.2) is 0 Å². The molecule has 2 bridgehead atoms. The fourth-order valence-corrected chi connectivity index (χ4v) is 5.93. The number of benzene rings is 1. The Balaban J connectivity index is 1.60. The van der Waals surface area contributed by atoms with Gasteiger partial charge in [-0.1, -0.05) is 25.5 Å². The number of piperidine rings is 3. The third-order valence-electron chi connectivity index (χ3n) is 7.30. The van der Waals surface area contributed by atoms with Gasteiger partial charge < -0.3 is 20.3 Å². The highest BCUT2D eigenvalue weighted by molar-refractivity contribution is 5.82. The molecule has 0 saturated carbocycles. The topological polar surface area (TPSA) is 75.9 Å². The summed E-state index contributed by atoms with van der Waals surface area (Å²) in [5.74, 6) is 1.88.